The summed E-state index contributed by atoms with van der Waals surface area (Å²) in [5.74, 6) is -0.555. The minimum atomic E-state index is -1.57. The molecule has 4 aliphatic rings. The normalized spacial score (nSPS) is 22.4. The highest BCUT2D eigenvalue weighted by Crippen LogP contribution is 2.62. The lowest BCUT2D eigenvalue weighted by atomic mass is 9.55. The first-order valence-electron chi connectivity index (χ1n) is 23.1. The molecule has 0 radical (unpaired) electrons. The Morgan fingerprint density at radius 1 is 0.912 bits per heavy atom. The number of rotatable bonds is 22. The number of unbranched alkanes of at least 4 members (excludes halogenated alkanes) is 2. The molecule has 2 N–H and O–H groups in total. The fourth-order valence-corrected chi connectivity index (χ4v) is 10.2. The van der Waals surface area contributed by atoms with E-state index < -0.39 is 22.7 Å². The van der Waals surface area contributed by atoms with Crippen LogP contribution in [0.25, 0.3) is 0 Å². The molecule has 15 nitrogen and oxygen atoms in total. The number of hydrogen-bond acceptors (Lipinski definition) is 13. The third kappa shape index (κ3) is 9.99. The standard InChI is InChI=1S/C53H56N4O11/c1-3-25-63-41-20-22-46-44(29-41)50-42(10-6-8-24-59)39(9-5-7-23-58)28-43-45(55-67-33-36-13-18-40(19-14-36)57(61)62)30-49(53(68-46,51(43)50)66-26-4-2)56(52(60)38-16-11-35(31-54)12-17-38)32-37-15-21-47-48(27-37)65-34-64-47/h3-4,11-22,27-29,39,42,49-51,58-59H,1-2,5-10,23-26,30,32-34H2/t39-,42+,49-,50+,51+,53+/m0/s1. The van der Waals surface area contributed by atoms with Gasteiger partial charge in [-0.1, -0.05) is 48.9 Å². The number of fused-ring (bicyclic) bond motifs is 3. The van der Waals surface area contributed by atoms with Gasteiger partial charge in [-0.3, -0.25) is 14.9 Å². The predicted octanol–water partition coefficient (Wildman–Crippen LogP) is 8.94. The Labute approximate surface area is 395 Å². The van der Waals surface area contributed by atoms with Crippen LogP contribution >= 0.6 is 0 Å². The number of benzene rings is 4. The second kappa shape index (κ2) is 21.8. The summed E-state index contributed by atoms with van der Waals surface area (Å²) in [6.07, 6.45) is 9.93. The monoisotopic (exact) mass is 924 g/mol. The third-order valence-corrected chi connectivity index (χ3v) is 13.3. The number of carbonyl (C=O) groups is 1. The van der Waals surface area contributed by atoms with E-state index in [1.54, 1.807) is 53.5 Å². The summed E-state index contributed by atoms with van der Waals surface area (Å²) < 4.78 is 32.2. The predicted molar refractivity (Wildman–Crippen MR) is 252 cm³/mol. The van der Waals surface area contributed by atoms with Crippen LogP contribution in [0.2, 0.25) is 0 Å². The fraction of sp³-hybridized carbons (Fsp3) is 0.377. The molecule has 4 aromatic carbocycles. The molecule has 354 valence electrons. The van der Waals surface area contributed by atoms with Crippen LogP contribution in [0.5, 0.6) is 23.0 Å². The quantitative estimate of drug-likeness (QED) is 0.0329. The number of aliphatic hydroxyl groups is 2. The molecular weight excluding hydrogens is 869 g/mol. The van der Waals surface area contributed by atoms with Crippen molar-refractivity contribution in [3.8, 4) is 29.1 Å². The smallest absolute Gasteiger partial charge is 0.269 e. The lowest BCUT2D eigenvalue weighted by molar-refractivity contribution is -0.384. The summed E-state index contributed by atoms with van der Waals surface area (Å²) in [6.45, 7) is 8.48. The van der Waals surface area contributed by atoms with Crippen LogP contribution in [0.4, 0.5) is 5.69 Å². The van der Waals surface area contributed by atoms with Crippen molar-refractivity contribution in [2.75, 3.05) is 33.2 Å². The molecule has 8 rings (SSSR count). The first-order valence-corrected chi connectivity index (χ1v) is 23.1. The summed E-state index contributed by atoms with van der Waals surface area (Å²) in [5.41, 5.74) is 4.41. The van der Waals surface area contributed by atoms with E-state index in [4.69, 9.17) is 33.7 Å². The summed E-state index contributed by atoms with van der Waals surface area (Å²) >= 11 is 0. The summed E-state index contributed by atoms with van der Waals surface area (Å²) in [5, 5.41) is 46.0. The Hall–Kier alpha value is -6.99. The number of nitrogens with zero attached hydrogens (tertiary/aromatic N) is 4. The molecule has 0 saturated heterocycles. The lowest BCUT2D eigenvalue weighted by Crippen LogP contribution is -2.70. The van der Waals surface area contributed by atoms with E-state index in [1.807, 2.05) is 36.4 Å². The number of hydrogen-bond donors (Lipinski definition) is 2. The van der Waals surface area contributed by atoms with Crippen LogP contribution in [-0.2, 0) is 22.7 Å². The zero-order valence-electron chi connectivity index (χ0n) is 37.9. The Morgan fingerprint density at radius 3 is 2.35 bits per heavy atom. The second-order valence-electron chi connectivity index (χ2n) is 17.4. The number of non-ortho nitro benzene ring substituents is 1. The van der Waals surface area contributed by atoms with Gasteiger partial charge in [-0.2, -0.15) is 5.26 Å². The molecule has 2 heterocycles. The molecule has 2 aliphatic heterocycles. The van der Waals surface area contributed by atoms with Crippen LogP contribution in [0.3, 0.4) is 0 Å². The van der Waals surface area contributed by atoms with Crippen molar-refractivity contribution in [3.63, 3.8) is 0 Å². The number of ether oxygens (including phenoxy) is 5. The highest BCUT2D eigenvalue weighted by Gasteiger charge is 2.65. The van der Waals surface area contributed by atoms with Gasteiger partial charge < -0.3 is 43.6 Å². The van der Waals surface area contributed by atoms with Gasteiger partial charge in [-0.05, 0) is 121 Å². The molecule has 1 fully saturated rings. The van der Waals surface area contributed by atoms with Gasteiger partial charge in [0.1, 0.15) is 30.8 Å². The van der Waals surface area contributed by atoms with E-state index in [2.05, 4.69) is 25.3 Å². The van der Waals surface area contributed by atoms with Gasteiger partial charge in [-0.25, -0.2) is 0 Å². The first kappa shape index (κ1) is 47.5. The molecule has 1 saturated carbocycles. The van der Waals surface area contributed by atoms with Gasteiger partial charge in [0.15, 0.2) is 11.5 Å². The average molecular weight is 925 g/mol. The van der Waals surface area contributed by atoms with Crippen LogP contribution < -0.4 is 18.9 Å². The van der Waals surface area contributed by atoms with Gasteiger partial charge in [0.05, 0.1) is 34.8 Å². The molecule has 4 aromatic rings. The SMILES string of the molecule is C=CCOc1ccc2c(c1)[C@H]1[C@H](CCCCO)[C@@H](CCCCO)C=C3C(=NOCc4ccc([N+](=O)[O-])cc4)C[C@H](N(Cc4ccc5c(c4)OCO5)C(=O)c4ccc(C#N)cc4)[C@@](OCC=C)(O2)[C@H]31. The van der Waals surface area contributed by atoms with Gasteiger partial charge in [0, 0.05) is 55.4 Å². The second-order valence-corrected chi connectivity index (χ2v) is 17.4. The number of oxime groups is 1. The van der Waals surface area contributed by atoms with E-state index in [0.29, 0.717) is 58.2 Å². The average Bonchev–Trinajstić information content (AvgIpc) is 3.84. The number of nitriles is 1. The Balaban J connectivity index is 1.35. The maximum atomic E-state index is 15.5. The molecule has 0 spiro atoms. The number of allylic oxidation sites excluding steroid dienone is 1. The maximum Gasteiger partial charge on any atom is 0.269 e. The minimum absolute atomic E-state index is 0.00374. The van der Waals surface area contributed by atoms with Crippen molar-refractivity contribution in [2.45, 2.75) is 75.8 Å². The van der Waals surface area contributed by atoms with Gasteiger partial charge >= 0.3 is 0 Å². The Kier molecular flexibility index (Phi) is 15.2. The van der Waals surface area contributed by atoms with Gasteiger partial charge in [0.25, 0.3) is 11.6 Å². The topological polar surface area (TPSA) is 195 Å². The Morgan fingerprint density at radius 2 is 1.63 bits per heavy atom. The molecule has 0 aromatic heterocycles. The van der Waals surface area contributed by atoms with E-state index >= 15 is 4.79 Å². The van der Waals surface area contributed by atoms with E-state index in [-0.39, 0.29) is 82.1 Å². The number of nitro benzene ring substituents is 1. The van der Waals surface area contributed by atoms with Crippen LogP contribution in [0.1, 0.15) is 83.5 Å². The Bertz CT molecular complexity index is 2570. The number of nitro groups is 1. The summed E-state index contributed by atoms with van der Waals surface area (Å²) in [6, 6.07) is 25.2. The molecule has 0 unspecified atom stereocenters. The minimum Gasteiger partial charge on any atom is -0.490 e. The zero-order valence-corrected chi connectivity index (χ0v) is 37.9. The highest BCUT2D eigenvalue weighted by molar-refractivity contribution is 6.03. The van der Waals surface area contributed by atoms with Gasteiger partial charge in [0.2, 0.25) is 12.6 Å². The molecule has 0 bridgehead atoms. The van der Waals surface area contributed by atoms with Crippen molar-refractivity contribution in [3.05, 3.63) is 160 Å². The summed E-state index contributed by atoms with van der Waals surface area (Å²) in [7, 11) is 0. The van der Waals surface area contributed by atoms with Crippen molar-refractivity contribution < 1.29 is 48.5 Å². The first-order chi connectivity index (χ1) is 33.2. The van der Waals surface area contributed by atoms with Gasteiger partial charge in [-0.15, -0.1) is 6.58 Å². The largest absolute Gasteiger partial charge is 0.490 e. The number of amides is 1. The molecule has 15 heteroatoms. The van der Waals surface area contributed by atoms with E-state index in [1.165, 1.54) is 12.1 Å². The fourth-order valence-electron chi connectivity index (χ4n) is 10.2. The third-order valence-electron chi connectivity index (χ3n) is 13.3. The molecular formula is C53H56N4O11. The van der Waals surface area contributed by atoms with Crippen molar-refractivity contribution in [1.29, 1.82) is 5.26 Å². The number of aliphatic hydroxyl groups excluding tert-OH is 2. The summed E-state index contributed by atoms with van der Waals surface area (Å²) in [4.78, 5) is 34.4. The maximum absolute atomic E-state index is 15.5. The van der Waals surface area contributed by atoms with Crippen LogP contribution in [-0.4, -0.2) is 76.7 Å². The van der Waals surface area contributed by atoms with E-state index in [9.17, 15) is 25.6 Å². The van der Waals surface area contributed by atoms with Crippen LogP contribution in [0.15, 0.2) is 127 Å². The molecule has 1 amide bonds. The van der Waals surface area contributed by atoms with Crippen molar-refractivity contribution in [2.24, 2.45) is 22.9 Å². The van der Waals surface area contributed by atoms with Crippen LogP contribution in [0, 0.1) is 39.2 Å². The zero-order chi connectivity index (χ0) is 47.6. The van der Waals surface area contributed by atoms with Crippen molar-refractivity contribution in [1.82, 2.24) is 4.90 Å². The number of carbonyl (C=O) groups excluding carboxylic acids is 1. The lowest BCUT2D eigenvalue weighted by Gasteiger charge is -2.60. The van der Waals surface area contributed by atoms with Crippen molar-refractivity contribution >= 4 is 17.3 Å². The molecule has 68 heavy (non-hydrogen) atoms. The molecule has 6 atom stereocenters. The van der Waals surface area contributed by atoms with E-state index in [0.717, 1.165) is 42.4 Å². The highest BCUT2D eigenvalue weighted by atomic mass is 16.7. The molecule has 2 aliphatic carbocycles.